The Morgan fingerprint density at radius 1 is 1.24 bits per heavy atom. The second-order valence-electron chi connectivity index (χ2n) is 5.88. The van der Waals surface area contributed by atoms with Crippen molar-refractivity contribution in [2.24, 2.45) is 5.92 Å². The van der Waals surface area contributed by atoms with E-state index in [1.54, 1.807) is 12.1 Å². The topological polar surface area (TPSA) is 58.2 Å². The van der Waals surface area contributed by atoms with Crippen molar-refractivity contribution in [1.29, 1.82) is 0 Å². The van der Waals surface area contributed by atoms with Crippen LogP contribution < -0.4 is 10.0 Å². The molecule has 0 saturated heterocycles. The van der Waals surface area contributed by atoms with E-state index in [0.717, 1.165) is 31.4 Å². The molecule has 2 N–H and O–H groups in total. The molecule has 5 heteroatoms. The molecular weight excluding hydrogens is 284 g/mol. The lowest BCUT2D eigenvalue weighted by atomic mass is 10.1. The van der Waals surface area contributed by atoms with E-state index in [4.69, 9.17) is 0 Å². The van der Waals surface area contributed by atoms with E-state index in [-0.39, 0.29) is 12.1 Å². The Labute approximate surface area is 128 Å². The van der Waals surface area contributed by atoms with E-state index in [9.17, 15) is 8.42 Å². The van der Waals surface area contributed by atoms with E-state index in [1.807, 2.05) is 12.1 Å². The molecule has 0 amide bonds. The Balaban J connectivity index is 2.01. The third kappa shape index (κ3) is 4.28. The molecule has 3 atom stereocenters. The first-order valence-electron chi connectivity index (χ1n) is 7.83. The van der Waals surface area contributed by atoms with Gasteiger partial charge >= 0.3 is 0 Å². The van der Waals surface area contributed by atoms with Crippen molar-refractivity contribution in [3.63, 3.8) is 0 Å². The summed E-state index contributed by atoms with van der Waals surface area (Å²) in [6.45, 7) is 7.28. The summed E-state index contributed by atoms with van der Waals surface area (Å²) >= 11 is 0. The molecule has 0 heterocycles. The van der Waals surface area contributed by atoms with Gasteiger partial charge in [-0.1, -0.05) is 32.4 Å². The molecule has 0 aromatic heterocycles. The molecule has 0 spiro atoms. The lowest BCUT2D eigenvalue weighted by Crippen LogP contribution is -2.27. The number of hydrogen-bond acceptors (Lipinski definition) is 3. The Kier molecular flexibility index (Phi) is 5.41. The van der Waals surface area contributed by atoms with E-state index in [1.165, 1.54) is 0 Å². The number of sulfonamides is 1. The maximum Gasteiger partial charge on any atom is 0.240 e. The summed E-state index contributed by atoms with van der Waals surface area (Å²) < 4.78 is 27.3. The fourth-order valence-electron chi connectivity index (χ4n) is 2.52. The van der Waals surface area contributed by atoms with Crippen molar-refractivity contribution in [1.82, 2.24) is 10.0 Å². The van der Waals surface area contributed by atoms with E-state index >= 15 is 0 Å². The van der Waals surface area contributed by atoms with Gasteiger partial charge in [0, 0.05) is 12.1 Å². The molecule has 1 saturated carbocycles. The SMILES string of the molecule is CCCNC(C)c1ccc(S(=O)(=O)NC2CC2CC)cc1. The van der Waals surface area contributed by atoms with Crippen LogP contribution in [0.5, 0.6) is 0 Å². The number of rotatable bonds is 8. The molecule has 1 aliphatic carbocycles. The van der Waals surface area contributed by atoms with Crippen molar-refractivity contribution in [3.05, 3.63) is 29.8 Å². The lowest BCUT2D eigenvalue weighted by Gasteiger charge is -2.14. The smallest absolute Gasteiger partial charge is 0.240 e. The molecular formula is C16H26N2O2S. The van der Waals surface area contributed by atoms with E-state index < -0.39 is 10.0 Å². The summed E-state index contributed by atoms with van der Waals surface area (Å²) in [6, 6.07) is 7.56. The lowest BCUT2D eigenvalue weighted by molar-refractivity contribution is 0.568. The Morgan fingerprint density at radius 2 is 1.90 bits per heavy atom. The summed E-state index contributed by atoms with van der Waals surface area (Å²) in [6.07, 6.45) is 3.08. The maximum absolute atomic E-state index is 12.3. The highest BCUT2D eigenvalue weighted by Gasteiger charge is 2.38. The van der Waals surface area contributed by atoms with Crippen LogP contribution in [0.2, 0.25) is 0 Å². The zero-order valence-corrected chi connectivity index (χ0v) is 13.9. The van der Waals surface area contributed by atoms with Gasteiger partial charge in [-0.2, -0.15) is 0 Å². The maximum atomic E-state index is 12.3. The summed E-state index contributed by atoms with van der Waals surface area (Å²) in [5.41, 5.74) is 1.11. The van der Waals surface area contributed by atoms with Gasteiger partial charge in [0.05, 0.1) is 4.90 Å². The van der Waals surface area contributed by atoms with Crippen LogP contribution in [0.15, 0.2) is 29.2 Å². The molecule has 1 aliphatic rings. The summed E-state index contributed by atoms with van der Waals surface area (Å²) in [5.74, 6) is 0.511. The Hall–Kier alpha value is -0.910. The highest BCUT2D eigenvalue weighted by atomic mass is 32.2. The predicted octanol–water partition coefficient (Wildman–Crippen LogP) is 2.82. The second kappa shape index (κ2) is 6.90. The van der Waals surface area contributed by atoms with Crippen molar-refractivity contribution >= 4 is 10.0 Å². The Morgan fingerprint density at radius 3 is 2.43 bits per heavy atom. The molecule has 0 aliphatic heterocycles. The third-order valence-corrected chi connectivity index (χ3v) is 5.65. The van der Waals surface area contributed by atoms with Crippen LogP contribution in [0.4, 0.5) is 0 Å². The summed E-state index contributed by atoms with van der Waals surface area (Å²) in [4.78, 5) is 0.357. The van der Waals surface area contributed by atoms with Crippen LogP contribution >= 0.6 is 0 Å². The standard InChI is InChI=1S/C16H26N2O2S/c1-4-10-17-12(3)14-6-8-15(9-7-14)21(19,20)18-16-11-13(16)5-2/h6-9,12-13,16-18H,4-5,10-11H2,1-3H3. The molecule has 1 fully saturated rings. The largest absolute Gasteiger partial charge is 0.310 e. The third-order valence-electron chi connectivity index (χ3n) is 4.14. The molecule has 21 heavy (non-hydrogen) atoms. The molecule has 4 nitrogen and oxygen atoms in total. The number of hydrogen-bond donors (Lipinski definition) is 2. The van der Waals surface area contributed by atoms with Crippen LogP contribution in [-0.4, -0.2) is 21.0 Å². The Bertz CT molecular complexity index is 554. The van der Waals surface area contributed by atoms with Gasteiger partial charge in [-0.15, -0.1) is 0 Å². The van der Waals surface area contributed by atoms with Crippen LogP contribution in [0.25, 0.3) is 0 Å². The van der Waals surface area contributed by atoms with Gasteiger partial charge in [-0.25, -0.2) is 13.1 Å². The minimum absolute atomic E-state index is 0.129. The minimum Gasteiger partial charge on any atom is -0.310 e. The molecule has 1 aromatic carbocycles. The quantitative estimate of drug-likeness (QED) is 0.776. The van der Waals surface area contributed by atoms with Gasteiger partial charge in [0.15, 0.2) is 0 Å². The van der Waals surface area contributed by atoms with Gasteiger partial charge in [0.2, 0.25) is 10.0 Å². The van der Waals surface area contributed by atoms with Gasteiger partial charge < -0.3 is 5.32 Å². The zero-order valence-electron chi connectivity index (χ0n) is 13.1. The fraction of sp³-hybridized carbons (Fsp3) is 0.625. The van der Waals surface area contributed by atoms with E-state index in [0.29, 0.717) is 10.8 Å². The average Bonchev–Trinajstić information content (AvgIpc) is 3.22. The molecule has 2 rings (SSSR count). The highest BCUT2D eigenvalue weighted by molar-refractivity contribution is 7.89. The van der Waals surface area contributed by atoms with Crippen molar-refractivity contribution in [2.45, 2.75) is 57.0 Å². The molecule has 0 bridgehead atoms. The molecule has 0 radical (unpaired) electrons. The summed E-state index contributed by atoms with van der Waals surface area (Å²) in [5, 5.41) is 3.40. The van der Waals surface area contributed by atoms with Crippen LogP contribution in [-0.2, 0) is 10.0 Å². The molecule has 1 aromatic rings. The number of benzene rings is 1. The van der Waals surface area contributed by atoms with Crippen LogP contribution in [0.3, 0.4) is 0 Å². The second-order valence-corrected chi connectivity index (χ2v) is 7.59. The van der Waals surface area contributed by atoms with Gasteiger partial charge in [0.1, 0.15) is 0 Å². The first kappa shape index (κ1) is 16.5. The fourth-order valence-corrected chi connectivity index (χ4v) is 3.84. The molecule has 3 unspecified atom stereocenters. The predicted molar refractivity (Wildman–Crippen MR) is 85.7 cm³/mol. The number of nitrogens with one attached hydrogen (secondary N) is 2. The minimum atomic E-state index is -3.37. The van der Waals surface area contributed by atoms with Gasteiger partial charge in [-0.3, -0.25) is 0 Å². The van der Waals surface area contributed by atoms with Crippen molar-refractivity contribution in [2.75, 3.05) is 6.54 Å². The average molecular weight is 310 g/mol. The van der Waals surface area contributed by atoms with Crippen molar-refractivity contribution in [3.8, 4) is 0 Å². The first-order valence-corrected chi connectivity index (χ1v) is 9.32. The van der Waals surface area contributed by atoms with Crippen LogP contribution in [0, 0.1) is 5.92 Å². The normalized spacial score (nSPS) is 23.0. The monoisotopic (exact) mass is 310 g/mol. The molecule has 118 valence electrons. The first-order chi connectivity index (χ1) is 9.97. The van der Waals surface area contributed by atoms with E-state index in [2.05, 4.69) is 30.8 Å². The van der Waals surface area contributed by atoms with Crippen LogP contribution in [0.1, 0.15) is 51.6 Å². The summed E-state index contributed by atoms with van der Waals surface area (Å²) in [7, 11) is -3.37. The zero-order chi connectivity index (χ0) is 15.5. The highest BCUT2D eigenvalue weighted by Crippen LogP contribution is 2.34. The van der Waals surface area contributed by atoms with Gasteiger partial charge in [-0.05, 0) is 49.9 Å². The van der Waals surface area contributed by atoms with Gasteiger partial charge in [0.25, 0.3) is 0 Å². The van der Waals surface area contributed by atoms with Crippen molar-refractivity contribution < 1.29 is 8.42 Å².